The van der Waals surface area contributed by atoms with Gasteiger partial charge >= 0.3 is 0 Å². The molecule has 0 aromatic heterocycles. The van der Waals surface area contributed by atoms with Crippen LogP contribution in [0.1, 0.15) is 123 Å². The van der Waals surface area contributed by atoms with E-state index in [9.17, 15) is 9.90 Å². The number of carbonyl (C=O) groups excluding carboxylic acids is 1. The van der Waals surface area contributed by atoms with Crippen molar-refractivity contribution in [1.29, 1.82) is 0 Å². The number of aliphatic hydroxyl groups is 1. The zero-order valence-electron chi connectivity index (χ0n) is 19.0. The molecule has 1 atom stereocenters. The third-order valence-electron chi connectivity index (χ3n) is 5.31. The van der Waals surface area contributed by atoms with Crippen LogP contribution in [0.15, 0.2) is 0 Å². The molecule has 2 N–H and O–H groups in total. The lowest BCUT2D eigenvalue weighted by Crippen LogP contribution is -2.35. The molecule has 0 saturated heterocycles. The molecule has 0 heterocycles. The van der Waals surface area contributed by atoms with E-state index in [4.69, 9.17) is 4.74 Å². The number of amides is 1. The van der Waals surface area contributed by atoms with E-state index in [0.717, 1.165) is 12.8 Å². The van der Waals surface area contributed by atoms with Crippen molar-refractivity contribution in [2.24, 2.45) is 0 Å². The second-order valence-electron chi connectivity index (χ2n) is 8.18. The van der Waals surface area contributed by atoms with E-state index in [1.165, 1.54) is 89.9 Å². The summed E-state index contributed by atoms with van der Waals surface area (Å²) in [7, 11) is 0. The maximum atomic E-state index is 11.4. The van der Waals surface area contributed by atoms with Gasteiger partial charge in [-0.15, -0.1) is 0 Å². The molecule has 168 valence electrons. The Morgan fingerprint density at radius 1 is 0.750 bits per heavy atom. The van der Waals surface area contributed by atoms with Crippen LogP contribution in [0.2, 0.25) is 0 Å². The molecule has 4 heteroatoms. The van der Waals surface area contributed by atoms with Crippen LogP contribution in [0.3, 0.4) is 0 Å². The van der Waals surface area contributed by atoms with Gasteiger partial charge in [0, 0.05) is 19.6 Å². The van der Waals surface area contributed by atoms with E-state index in [1.54, 1.807) is 0 Å². The number of hydrogen-bond acceptors (Lipinski definition) is 3. The fraction of sp³-hybridized carbons (Fsp3) is 0.958. The van der Waals surface area contributed by atoms with Crippen LogP contribution in [0.25, 0.3) is 0 Å². The molecule has 0 aliphatic rings. The molecular formula is C24H49NO3. The molecular weight excluding hydrogens is 350 g/mol. The molecule has 0 saturated carbocycles. The summed E-state index contributed by atoms with van der Waals surface area (Å²) in [6.45, 7) is 5.31. The third-order valence-corrected chi connectivity index (χ3v) is 5.31. The van der Waals surface area contributed by atoms with Crippen molar-refractivity contribution in [3.05, 3.63) is 0 Å². The highest BCUT2D eigenvalue weighted by molar-refractivity contribution is 5.75. The number of hydrogen-bond donors (Lipinski definition) is 2. The van der Waals surface area contributed by atoms with Crippen LogP contribution in [0, 0.1) is 0 Å². The molecule has 1 unspecified atom stereocenters. The lowest BCUT2D eigenvalue weighted by Gasteiger charge is -2.16. The number of carbonyl (C=O) groups is 1. The highest BCUT2D eigenvalue weighted by atomic mass is 16.5. The fourth-order valence-corrected chi connectivity index (χ4v) is 3.44. The monoisotopic (exact) mass is 399 g/mol. The Kier molecular flexibility index (Phi) is 22.2. The van der Waals surface area contributed by atoms with Crippen molar-refractivity contribution in [3.63, 3.8) is 0 Å². The summed E-state index contributed by atoms with van der Waals surface area (Å²) in [5.41, 5.74) is 0. The molecule has 0 aromatic rings. The number of unbranched alkanes of at least 4 members (excludes halogenated alkanes) is 14. The van der Waals surface area contributed by atoms with Crippen LogP contribution in [0.5, 0.6) is 0 Å². The fourth-order valence-electron chi connectivity index (χ4n) is 3.44. The van der Waals surface area contributed by atoms with Gasteiger partial charge in [-0.2, -0.15) is 0 Å². The first-order valence-electron chi connectivity index (χ1n) is 12.2. The molecule has 0 aliphatic heterocycles. The van der Waals surface area contributed by atoms with Crippen LogP contribution in [0.4, 0.5) is 0 Å². The molecule has 0 bridgehead atoms. The first kappa shape index (κ1) is 27.4. The maximum absolute atomic E-state index is 11.4. The van der Waals surface area contributed by atoms with Gasteiger partial charge in [-0.05, 0) is 12.8 Å². The molecule has 0 fully saturated rings. The van der Waals surface area contributed by atoms with Crippen LogP contribution < -0.4 is 5.32 Å². The topological polar surface area (TPSA) is 58.6 Å². The van der Waals surface area contributed by atoms with Gasteiger partial charge in [0.2, 0.25) is 5.91 Å². The Morgan fingerprint density at radius 3 is 1.64 bits per heavy atom. The zero-order valence-corrected chi connectivity index (χ0v) is 19.0. The highest BCUT2D eigenvalue weighted by Crippen LogP contribution is 2.13. The average molecular weight is 400 g/mol. The van der Waals surface area contributed by atoms with E-state index < -0.39 is 0 Å². The minimum absolute atomic E-state index is 0.0366. The first-order chi connectivity index (χ1) is 13.7. The summed E-state index contributed by atoms with van der Waals surface area (Å²) in [5, 5.41) is 12.1. The summed E-state index contributed by atoms with van der Waals surface area (Å²) >= 11 is 0. The minimum Gasteiger partial charge on any atom is -0.394 e. The predicted octanol–water partition coefficient (Wildman–Crippen LogP) is 6.15. The average Bonchev–Trinajstić information content (AvgIpc) is 2.70. The summed E-state index contributed by atoms with van der Waals surface area (Å²) in [6, 6.07) is 0. The van der Waals surface area contributed by atoms with Gasteiger partial charge in [0.15, 0.2) is 0 Å². The zero-order chi connectivity index (χ0) is 20.7. The molecule has 0 rings (SSSR count). The van der Waals surface area contributed by atoms with Crippen molar-refractivity contribution in [1.82, 2.24) is 5.32 Å². The number of nitrogens with one attached hydrogen (secondary N) is 1. The van der Waals surface area contributed by atoms with Crippen LogP contribution in [-0.4, -0.2) is 36.9 Å². The summed E-state index contributed by atoms with van der Waals surface area (Å²) in [5.74, 6) is 0.0384. The molecule has 1 amide bonds. The van der Waals surface area contributed by atoms with Gasteiger partial charge in [-0.3, -0.25) is 4.79 Å². The Labute approximate surface area is 175 Å². The van der Waals surface area contributed by atoms with E-state index in [1.807, 2.05) is 6.92 Å². The van der Waals surface area contributed by atoms with Crippen LogP contribution in [-0.2, 0) is 9.53 Å². The van der Waals surface area contributed by atoms with Crippen LogP contribution >= 0.6 is 0 Å². The normalized spacial score (nSPS) is 12.2. The van der Waals surface area contributed by atoms with Gasteiger partial charge in [0.1, 0.15) is 0 Å². The van der Waals surface area contributed by atoms with Gasteiger partial charge in [0.25, 0.3) is 0 Å². The Morgan fingerprint density at radius 2 is 1.21 bits per heavy atom. The SMILES string of the molecule is CCCCCCCCCCCCCCCCCOC(CO)CNC(=O)CCC. The summed E-state index contributed by atoms with van der Waals surface area (Å²) < 4.78 is 5.67. The van der Waals surface area contributed by atoms with Gasteiger partial charge < -0.3 is 15.2 Å². The molecule has 0 aromatic carbocycles. The lowest BCUT2D eigenvalue weighted by molar-refractivity contribution is -0.122. The Bertz CT molecular complexity index is 323. The molecule has 0 radical (unpaired) electrons. The van der Waals surface area contributed by atoms with Gasteiger partial charge in [0.05, 0.1) is 12.7 Å². The predicted molar refractivity (Wildman–Crippen MR) is 120 cm³/mol. The number of aliphatic hydroxyl groups excluding tert-OH is 1. The number of rotatable bonds is 22. The molecule has 0 aliphatic carbocycles. The smallest absolute Gasteiger partial charge is 0.220 e. The Hall–Kier alpha value is -0.610. The second kappa shape index (κ2) is 22.7. The summed E-state index contributed by atoms with van der Waals surface area (Å²) in [4.78, 5) is 11.4. The van der Waals surface area contributed by atoms with Crippen molar-refractivity contribution < 1.29 is 14.6 Å². The highest BCUT2D eigenvalue weighted by Gasteiger charge is 2.09. The third kappa shape index (κ3) is 20.1. The van der Waals surface area contributed by atoms with E-state index >= 15 is 0 Å². The van der Waals surface area contributed by atoms with Crippen molar-refractivity contribution in [2.45, 2.75) is 129 Å². The van der Waals surface area contributed by atoms with Gasteiger partial charge in [-0.25, -0.2) is 0 Å². The maximum Gasteiger partial charge on any atom is 0.220 e. The van der Waals surface area contributed by atoms with Crippen molar-refractivity contribution in [3.8, 4) is 0 Å². The first-order valence-corrected chi connectivity index (χ1v) is 12.2. The van der Waals surface area contributed by atoms with E-state index in [0.29, 0.717) is 19.6 Å². The van der Waals surface area contributed by atoms with Gasteiger partial charge in [-0.1, -0.05) is 104 Å². The quantitative estimate of drug-likeness (QED) is 0.215. The largest absolute Gasteiger partial charge is 0.394 e. The lowest BCUT2D eigenvalue weighted by atomic mass is 10.0. The van der Waals surface area contributed by atoms with Crippen molar-refractivity contribution in [2.75, 3.05) is 19.8 Å². The van der Waals surface area contributed by atoms with E-state index in [-0.39, 0.29) is 18.6 Å². The molecule has 4 nitrogen and oxygen atoms in total. The molecule has 28 heavy (non-hydrogen) atoms. The second-order valence-corrected chi connectivity index (χ2v) is 8.18. The summed E-state index contributed by atoms with van der Waals surface area (Å²) in [6.07, 6.45) is 21.4. The van der Waals surface area contributed by atoms with Crippen molar-refractivity contribution >= 4 is 5.91 Å². The Balaban J connectivity index is 3.26. The number of ether oxygens (including phenoxy) is 1. The molecule has 0 spiro atoms. The minimum atomic E-state index is -0.271. The van der Waals surface area contributed by atoms with E-state index in [2.05, 4.69) is 12.2 Å². The standard InChI is InChI=1S/C24H49NO3/c1-3-5-6-7-8-9-10-11-12-13-14-15-16-17-18-20-28-23(22-26)21-25-24(27)19-4-2/h23,26H,3-22H2,1-2H3,(H,25,27).